The topological polar surface area (TPSA) is 89.0 Å². The second-order valence-electron chi connectivity index (χ2n) is 6.80. The van der Waals surface area contributed by atoms with Crippen molar-refractivity contribution in [1.82, 2.24) is 10.6 Å². The Bertz CT molecular complexity index is 746. The van der Waals surface area contributed by atoms with Gasteiger partial charge in [0.25, 0.3) is 0 Å². The van der Waals surface area contributed by atoms with E-state index in [4.69, 9.17) is 9.47 Å². The lowest BCUT2D eigenvalue weighted by Crippen LogP contribution is -2.43. The number of hydrogen-bond acceptors (Lipinski definition) is 5. The molecule has 1 aromatic rings. The molecule has 138 valence electrons. The SMILES string of the molecule is CC(C)NC(=NCc1ccc2c(c1)OCO2)NCC1CCS(=O)(=O)C1. The number of hydrogen-bond donors (Lipinski definition) is 2. The number of guanidine groups is 1. The Labute approximate surface area is 148 Å². The first-order valence-corrected chi connectivity index (χ1v) is 10.4. The molecule has 0 aliphatic carbocycles. The molecule has 0 saturated carbocycles. The Hall–Kier alpha value is -1.96. The molecule has 1 unspecified atom stereocenters. The summed E-state index contributed by atoms with van der Waals surface area (Å²) in [7, 11) is -2.85. The summed E-state index contributed by atoms with van der Waals surface area (Å²) in [5, 5.41) is 6.55. The largest absolute Gasteiger partial charge is 0.454 e. The highest BCUT2D eigenvalue weighted by Crippen LogP contribution is 2.32. The molecule has 3 rings (SSSR count). The van der Waals surface area contributed by atoms with Crippen LogP contribution in [0.3, 0.4) is 0 Å². The molecule has 2 heterocycles. The van der Waals surface area contributed by atoms with Crippen LogP contribution in [0.4, 0.5) is 0 Å². The van der Waals surface area contributed by atoms with Crippen LogP contribution in [0, 0.1) is 5.92 Å². The number of nitrogens with zero attached hydrogens (tertiary/aromatic N) is 1. The third-order valence-electron chi connectivity index (χ3n) is 4.17. The zero-order valence-corrected chi connectivity index (χ0v) is 15.4. The quantitative estimate of drug-likeness (QED) is 0.602. The highest BCUT2D eigenvalue weighted by molar-refractivity contribution is 7.91. The molecule has 7 nitrogen and oxygen atoms in total. The summed E-state index contributed by atoms with van der Waals surface area (Å²) in [5.41, 5.74) is 1.03. The summed E-state index contributed by atoms with van der Waals surface area (Å²) in [5.74, 6) is 2.90. The highest BCUT2D eigenvalue weighted by Gasteiger charge is 2.27. The lowest BCUT2D eigenvalue weighted by Gasteiger charge is -2.17. The predicted octanol–water partition coefficient (Wildman–Crippen LogP) is 1.29. The van der Waals surface area contributed by atoms with Crippen molar-refractivity contribution in [1.29, 1.82) is 0 Å². The molecule has 1 fully saturated rings. The minimum absolute atomic E-state index is 0.148. The van der Waals surface area contributed by atoms with E-state index in [1.807, 2.05) is 32.0 Å². The van der Waals surface area contributed by atoms with Gasteiger partial charge < -0.3 is 20.1 Å². The summed E-state index contributed by atoms with van der Waals surface area (Å²) >= 11 is 0. The molecule has 0 bridgehead atoms. The van der Waals surface area contributed by atoms with Gasteiger partial charge in [-0.25, -0.2) is 13.4 Å². The number of benzene rings is 1. The predicted molar refractivity (Wildman–Crippen MR) is 96.7 cm³/mol. The van der Waals surface area contributed by atoms with E-state index in [-0.39, 0.29) is 24.5 Å². The van der Waals surface area contributed by atoms with Gasteiger partial charge in [-0.1, -0.05) is 6.07 Å². The average Bonchev–Trinajstić information content (AvgIpc) is 3.14. The fourth-order valence-electron chi connectivity index (χ4n) is 2.91. The Morgan fingerprint density at radius 3 is 2.84 bits per heavy atom. The number of rotatable bonds is 5. The van der Waals surface area contributed by atoms with Crippen LogP contribution in [0.15, 0.2) is 23.2 Å². The summed E-state index contributed by atoms with van der Waals surface area (Å²) < 4.78 is 33.8. The third-order valence-corrected chi connectivity index (χ3v) is 6.00. The van der Waals surface area contributed by atoms with Crippen molar-refractivity contribution >= 4 is 15.8 Å². The smallest absolute Gasteiger partial charge is 0.231 e. The lowest BCUT2D eigenvalue weighted by atomic mass is 10.1. The number of aliphatic imine (C=N–C) groups is 1. The summed E-state index contributed by atoms with van der Waals surface area (Å²) in [4.78, 5) is 4.61. The lowest BCUT2D eigenvalue weighted by molar-refractivity contribution is 0.174. The van der Waals surface area contributed by atoms with Crippen molar-refractivity contribution in [2.24, 2.45) is 10.9 Å². The molecule has 0 amide bonds. The zero-order chi connectivity index (χ0) is 17.9. The van der Waals surface area contributed by atoms with E-state index < -0.39 is 9.84 Å². The number of nitrogens with one attached hydrogen (secondary N) is 2. The molecule has 2 aliphatic rings. The second-order valence-corrected chi connectivity index (χ2v) is 9.03. The van der Waals surface area contributed by atoms with Crippen LogP contribution >= 0.6 is 0 Å². The summed E-state index contributed by atoms with van der Waals surface area (Å²) in [6, 6.07) is 6.02. The maximum atomic E-state index is 11.6. The maximum Gasteiger partial charge on any atom is 0.231 e. The summed E-state index contributed by atoms with van der Waals surface area (Å²) in [6.07, 6.45) is 0.715. The normalized spacial score (nSPS) is 21.6. The van der Waals surface area contributed by atoms with Gasteiger partial charge in [0, 0.05) is 12.6 Å². The van der Waals surface area contributed by atoms with Crippen LogP contribution in [0.1, 0.15) is 25.8 Å². The van der Waals surface area contributed by atoms with Gasteiger partial charge in [0.15, 0.2) is 27.3 Å². The monoisotopic (exact) mass is 367 g/mol. The Morgan fingerprint density at radius 2 is 2.12 bits per heavy atom. The molecule has 1 aromatic carbocycles. The molecule has 0 radical (unpaired) electrons. The van der Waals surface area contributed by atoms with Gasteiger partial charge in [-0.3, -0.25) is 0 Å². The zero-order valence-electron chi connectivity index (χ0n) is 14.6. The van der Waals surface area contributed by atoms with E-state index in [1.54, 1.807) is 0 Å². The van der Waals surface area contributed by atoms with Crippen molar-refractivity contribution in [2.45, 2.75) is 32.9 Å². The van der Waals surface area contributed by atoms with E-state index in [2.05, 4.69) is 15.6 Å². The van der Waals surface area contributed by atoms with Gasteiger partial charge in [-0.15, -0.1) is 0 Å². The minimum atomic E-state index is -2.85. The van der Waals surface area contributed by atoms with Crippen LogP contribution in [-0.2, 0) is 16.4 Å². The van der Waals surface area contributed by atoms with E-state index in [1.165, 1.54) is 0 Å². The number of sulfone groups is 1. The first-order valence-electron chi connectivity index (χ1n) is 8.55. The van der Waals surface area contributed by atoms with Crippen molar-refractivity contribution in [2.75, 3.05) is 24.8 Å². The van der Waals surface area contributed by atoms with Crippen molar-refractivity contribution in [3.8, 4) is 11.5 Å². The molecular weight excluding hydrogens is 342 g/mol. The average molecular weight is 367 g/mol. The van der Waals surface area contributed by atoms with Gasteiger partial charge in [0.1, 0.15) is 0 Å². The van der Waals surface area contributed by atoms with Gasteiger partial charge in [0.2, 0.25) is 6.79 Å². The molecular formula is C17H25N3O4S. The van der Waals surface area contributed by atoms with Gasteiger partial charge in [-0.2, -0.15) is 0 Å². The van der Waals surface area contributed by atoms with Crippen molar-refractivity contribution < 1.29 is 17.9 Å². The van der Waals surface area contributed by atoms with E-state index >= 15 is 0 Å². The minimum Gasteiger partial charge on any atom is -0.454 e. The van der Waals surface area contributed by atoms with Crippen molar-refractivity contribution in [3.05, 3.63) is 23.8 Å². The Morgan fingerprint density at radius 1 is 1.32 bits per heavy atom. The molecule has 1 atom stereocenters. The standard InChI is InChI=1S/C17H25N3O4S/c1-12(2)20-17(19-9-14-5-6-25(21,22)10-14)18-8-13-3-4-15-16(7-13)24-11-23-15/h3-4,7,12,14H,5-6,8-11H2,1-2H3,(H2,18,19,20). The fourth-order valence-corrected chi connectivity index (χ4v) is 4.77. The molecule has 1 saturated heterocycles. The first-order chi connectivity index (χ1) is 11.9. The van der Waals surface area contributed by atoms with Gasteiger partial charge >= 0.3 is 0 Å². The number of fused-ring (bicyclic) bond motifs is 1. The molecule has 8 heteroatoms. The molecule has 0 spiro atoms. The fraction of sp³-hybridized carbons (Fsp3) is 0.588. The third kappa shape index (κ3) is 5.01. The molecule has 2 aliphatic heterocycles. The second kappa shape index (κ2) is 7.51. The van der Waals surface area contributed by atoms with Crippen molar-refractivity contribution in [3.63, 3.8) is 0 Å². The summed E-state index contributed by atoms with van der Waals surface area (Å²) in [6.45, 7) is 5.45. The maximum absolute atomic E-state index is 11.6. The van der Waals surface area contributed by atoms with Crippen LogP contribution < -0.4 is 20.1 Å². The Balaban J connectivity index is 1.60. The molecule has 0 aromatic heterocycles. The van der Waals surface area contributed by atoms with Crippen LogP contribution in [0.5, 0.6) is 11.5 Å². The van der Waals surface area contributed by atoms with Crippen LogP contribution in [-0.4, -0.2) is 45.3 Å². The van der Waals surface area contributed by atoms with Gasteiger partial charge in [0.05, 0.1) is 18.1 Å². The molecule has 2 N–H and O–H groups in total. The van der Waals surface area contributed by atoms with E-state index in [0.717, 1.165) is 17.1 Å². The van der Waals surface area contributed by atoms with Crippen LogP contribution in [0.2, 0.25) is 0 Å². The number of ether oxygens (including phenoxy) is 2. The Kier molecular flexibility index (Phi) is 5.36. The highest BCUT2D eigenvalue weighted by atomic mass is 32.2. The van der Waals surface area contributed by atoms with E-state index in [9.17, 15) is 8.42 Å². The molecule has 25 heavy (non-hydrogen) atoms. The first kappa shape index (κ1) is 17.8. The van der Waals surface area contributed by atoms with E-state index in [0.29, 0.717) is 31.2 Å². The van der Waals surface area contributed by atoms with Crippen LogP contribution in [0.25, 0.3) is 0 Å². The van der Waals surface area contributed by atoms with Gasteiger partial charge in [-0.05, 0) is 43.9 Å².